The van der Waals surface area contributed by atoms with Gasteiger partial charge in [-0.2, -0.15) is 0 Å². The minimum Gasteiger partial charge on any atom is -0.393 e. The van der Waals surface area contributed by atoms with E-state index in [1.54, 1.807) is 0 Å². The van der Waals surface area contributed by atoms with Gasteiger partial charge in [0.25, 0.3) is 0 Å². The second kappa shape index (κ2) is 8.10. The molecule has 2 heterocycles. The third kappa shape index (κ3) is 3.38. The predicted molar refractivity (Wildman–Crippen MR) is 136 cm³/mol. The largest absolute Gasteiger partial charge is 0.393 e. The van der Waals surface area contributed by atoms with Gasteiger partial charge < -0.3 is 34.3 Å². The summed E-state index contributed by atoms with van der Waals surface area (Å²) in [6.45, 7) is 11.9. The van der Waals surface area contributed by atoms with Crippen LogP contribution < -0.4 is 0 Å². The maximum atomic E-state index is 12.1. The van der Waals surface area contributed by atoms with E-state index in [-0.39, 0.29) is 6.61 Å². The van der Waals surface area contributed by atoms with Crippen LogP contribution in [0, 0.1) is 16.7 Å². The number of aliphatic hydroxyl groups excluding tert-OH is 2. The van der Waals surface area contributed by atoms with Crippen LogP contribution in [0.15, 0.2) is 41.5 Å². The van der Waals surface area contributed by atoms with Crippen LogP contribution in [-0.2, 0) is 18.9 Å². The fourth-order valence-corrected chi connectivity index (χ4v) is 8.75. The molecule has 5 aliphatic rings. The Kier molecular flexibility index (Phi) is 5.68. The number of hydrogen-bond acceptors (Lipinski definition) is 7. The molecule has 2 aliphatic heterocycles. The molecule has 37 heavy (non-hydrogen) atoms. The average molecular weight is 515 g/mol. The molecular formula is C30H42O7. The summed E-state index contributed by atoms with van der Waals surface area (Å²) >= 11 is 0. The highest BCUT2D eigenvalue weighted by Gasteiger charge is 2.75. The first kappa shape index (κ1) is 25.9. The molecule has 2 saturated carbocycles. The van der Waals surface area contributed by atoms with E-state index in [0.29, 0.717) is 12.8 Å². The van der Waals surface area contributed by atoms with E-state index in [9.17, 15) is 15.3 Å². The highest BCUT2D eigenvalue weighted by molar-refractivity contribution is 5.40. The number of benzene rings is 1. The summed E-state index contributed by atoms with van der Waals surface area (Å²) in [5, 5.41) is 34.3. The Balaban J connectivity index is 1.63. The fourth-order valence-electron chi connectivity index (χ4n) is 8.75. The summed E-state index contributed by atoms with van der Waals surface area (Å²) in [4.78, 5) is 0. The summed E-state index contributed by atoms with van der Waals surface area (Å²) in [5.41, 5.74) is -0.768. The van der Waals surface area contributed by atoms with E-state index < -0.39 is 64.4 Å². The maximum Gasteiger partial charge on any atom is 0.185 e. The number of fused-ring (bicyclic) bond motifs is 6. The number of rotatable bonds is 2. The average Bonchev–Trinajstić information content (AvgIpc) is 3.36. The molecule has 2 saturated heterocycles. The third-order valence-electron chi connectivity index (χ3n) is 10.5. The van der Waals surface area contributed by atoms with Crippen molar-refractivity contribution in [3.63, 3.8) is 0 Å². The molecule has 0 radical (unpaired) electrons. The van der Waals surface area contributed by atoms with Gasteiger partial charge in [0.15, 0.2) is 12.1 Å². The number of aliphatic hydroxyl groups is 3. The van der Waals surface area contributed by atoms with Gasteiger partial charge in [0.2, 0.25) is 0 Å². The molecule has 204 valence electrons. The second-order valence-electron chi connectivity index (χ2n) is 13.3. The Morgan fingerprint density at radius 1 is 0.946 bits per heavy atom. The van der Waals surface area contributed by atoms with Crippen molar-refractivity contribution in [1.29, 1.82) is 0 Å². The summed E-state index contributed by atoms with van der Waals surface area (Å²) in [6.07, 6.45) is -0.494. The Bertz CT molecular complexity index is 1100. The van der Waals surface area contributed by atoms with E-state index in [4.69, 9.17) is 18.9 Å². The third-order valence-corrected chi connectivity index (χ3v) is 10.5. The van der Waals surface area contributed by atoms with Crippen LogP contribution in [0.25, 0.3) is 0 Å². The van der Waals surface area contributed by atoms with Gasteiger partial charge in [0, 0.05) is 28.7 Å². The summed E-state index contributed by atoms with van der Waals surface area (Å²) in [7, 11) is 0. The Labute approximate surface area is 219 Å². The number of hydrogen-bond donors (Lipinski definition) is 3. The monoisotopic (exact) mass is 514 g/mol. The molecule has 6 rings (SSSR count). The first-order valence-corrected chi connectivity index (χ1v) is 13.8. The lowest BCUT2D eigenvalue weighted by atomic mass is 9.46. The van der Waals surface area contributed by atoms with Crippen molar-refractivity contribution < 1.29 is 34.3 Å². The van der Waals surface area contributed by atoms with Crippen LogP contribution in [0.5, 0.6) is 0 Å². The molecule has 7 heteroatoms. The van der Waals surface area contributed by atoms with Crippen molar-refractivity contribution in [2.24, 2.45) is 16.7 Å². The molecule has 3 N–H and O–H groups in total. The van der Waals surface area contributed by atoms with E-state index >= 15 is 0 Å². The molecule has 3 aliphatic carbocycles. The zero-order chi connectivity index (χ0) is 26.6. The van der Waals surface area contributed by atoms with Crippen molar-refractivity contribution in [1.82, 2.24) is 0 Å². The van der Waals surface area contributed by atoms with Crippen LogP contribution in [0.3, 0.4) is 0 Å². The molecule has 7 nitrogen and oxygen atoms in total. The van der Waals surface area contributed by atoms with Gasteiger partial charge in [0.1, 0.15) is 11.7 Å². The molecule has 1 unspecified atom stereocenters. The van der Waals surface area contributed by atoms with Crippen molar-refractivity contribution in [3.8, 4) is 0 Å². The lowest BCUT2D eigenvalue weighted by Crippen LogP contribution is -2.72. The van der Waals surface area contributed by atoms with Gasteiger partial charge in [-0.1, -0.05) is 51.1 Å². The highest BCUT2D eigenvalue weighted by Crippen LogP contribution is 2.68. The van der Waals surface area contributed by atoms with Gasteiger partial charge >= 0.3 is 0 Å². The zero-order valence-corrected chi connectivity index (χ0v) is 22.9. The van der Waals surface area contributed by atoms with E-state index in [0.717, 1.165) is 29.6 Å². The molecule has 9 atom stereocenters. The van der Waals surface area contributed by atoms with E-state index in [1.807, 2.05) is 51.1 Å². The predicted octanol–water partition coefficient (Wildman–Crippen LogP) is 4.01. The normalized spacial score (nSPS) is 48.0. The van der Waals surface area contributed by atoms with Gasteiger partial charge in [-0.25, -0.2) is 0 Å². The molecule has 0 aromatic heterocycles. The van der Waals surface area contributed by atoms with Gasteiger partial charge in [0.05, 0.1) is 30.5 Å². The molecule has 1 aromatic carbocycles. The van der Waals surface area contributed by atoms with Crippen molar-refractivity contribution >= 4 is 0 Å². The van der Waals surface area contributed by atoms with E-state index in [1.165, 1.54) is 0 Å². The summed E-state index contributed by atoms with van der Waals surface area (Å²) in [5.74, 6) is -1.35. The lowest BCUT2D eigenvalue weighted by molar-refractivity contribution is -0.238. The summed E-state index contributed by atoms with van der Waals surface area (Å²) in [6, 6.07) is 9.84. The van der Waals surface area contributed by atoms with Crippen molar-refractivity contribution in [3.05, 3.63) is 47.0 Å². The standard InChI is InChI=1S/C30H42O7/c1-17-19(32)15-30-24(34-25(37-30)18-11-8-7-9-12-18)22-28(6,13-10-14-29(22,33)16-31)23-21(20(17)26(30,2)3)35-27(4,5)36-23/h7-9,11-12,19,21-25,31-33H,10,13-16H2,1-6H3/t19-,21+,22-,23-,24-,25?,28+,29+,30+/m0/s1. The minimum absolute atomic E-state index is 0.332. The second-order valence-corrected chi connectivity index (χ2v) is 13.3. The SMILES string of the molecule is CC1=C2[C@H]3OC(C)(C)O[C@@H]3[C@]3(C)CCC[C@@](O)(CO)[C@H]3[C@@H]3OC(c4ccccc4)O[C@@]3(C[C@@H]1O)C2(C)C. The van der Waals surface area contributed by atoms with Gasteiger partial charge in [-0.05, 0) is 51.2 Å². The molecule has 1 aromatic rings. The highest BCUT2D eigenvalue weighted by atomic mass is 16.8. The Morgan fingerprint density at radius 2 is 1.65 bits per heavy atom. The molecular weight excluding hydrogens is 472 g/mol. The van der Waals surface area contributed by atoms with Crippen LogP contribution >= 0.6 is 0 Å². The number of ether oxygens (including phenoxy) is 4. The first-order chi connectivity index (χ1) is 17.3. The lowest BCUT2D eigenvalue weighted by Gasteiger charge is -2.63. The van der Waals surface area contributed by atoms with E-state index in [2.05, 4.69) is 20.8 Å². The first-order valence-electron chi connectivity index (χ1n) is 13.8. The quantitative estimate of drug-likeness (QED) is 0.513. The van der Waals surface area contributed by atoms with Crippen molar-refractivity contribution in [2.45, 2.75) is 115 Å². The zero-order valence-electron chi connectivity index (χ0n) is 22.9. The van der Waals surface area contributed by atoms with Crippen LogP contribution in [0.1, 0.15) is 79.1 Å². The molecule has 2 bridgehead atoms. The molecule has 4 fully saturated rings. The fraction of sp³-hybridized carbons (Fsp3) is 0.733. The smallest absolute Gasteiger partial charge is 0.185 e. The topological polar surface area (TPSA) is 97.6 Å². The summed E-state index contributed by atoms with van der Waals surface area (Å²) < 4.78 is 27.3. The Morgan fingerprint density at radius 3 is 2.32 bits per heavy atom. The molecule has 1 spiro atoms. The van der Waals surface area contributed by atoms with Crippen LogP contribution in [0.4, 0.5) is 0 Å². The minimum atomic E-state index is -1.39. The van der Waals surface area contributed by atoms with Crippen LogP contribution in [-0.4, -0.2) is 63.3 Å². The molecule has 0 amide bonds. The Hall–Kier alpha value is -1.32. The van der Waals surface area contributed by atoms with Crippen LogP contribution in [0.2, 0.25) is 0 Å². The van der Waals surface area contributed by atoms with Gasteiger partial charge in [-0.3, -0.25) is 0 Å². The van der Waals surface area contributed by atoms with Gasteiger partial charge in [-0.15, -0.1) is 0 Å². The van der Waals surface area contributed by atoms with Crippen molar-refractivity contribution in [2.75, 3.05) is 6.61 Å². The maximum absolute atomic E-state index is 12.1.